The Bertz CT molecular complexity index is 599. The predicted molar refractivity (Wildman–Crippen MR) is 84.6 cm³/mol. The maximum Gasteiger partial charge on any atom is 0.211 e. The number of nitrogens with one attached hydrogen (secondary N) is 1. The van der Waals surface area contributed by atoms with Gasteiger partial charge in [0.05, 0.1) is 10.0 Å². The molecule has 0 aliphatic carbocycles. The Morgan fingerprint density at radius 3 is 2.55 bits per heavy atom. The molecular formula is C16H15Cl2NO. The van der Waals surface area contributed by atoms with Crippen LogP contribution in [0.25, 0.3) is 0 Å². The second-order valence-electron chi connectivity index (χ2n) is 4.52. The van der Waals surface area contributed by atoms with Crippen molar-refractivity contribution in [3.8, 4) is 0 Å². The van der Waals surface area contributed by atoms with Crippen LogP contribution in [-0.4, -0.2) is 6.41 Å². The van der Waals surface area contributed by atoms with Crippen LogP contribution in [0.4, 0.5) is 5.69 Å². The molecule has 2 aromatic rings. The summed E-state index contributed by atoms with van der Waals surface area (Å²) >= 11 is 11.9. The molecule has 2 rings (SSSR count). The first-order valence-electron chi connectivity index (χ1n) is 6.42. The molecule has 0 unspecified atom stereocenters. The number of hydrogen-bond donors (Lipinski definition) is 1. The molecule has 0 atom stereocenters. The lowest BCUT2D eigenvalue weighted by Gasteiger charge is -2.08. The molecule has 4 heteroatoms. The Labute approximate surface area is 128 Å². The van der Waals surface area contributed by atoms with Crippen molar-refractivity contribution in [1.29, 1.82) is 0 Å². The fourth-order valence-corrected chi connectivity index (χ4v) is 2.44. The van der Waals surface area contributed by atoms with Crippen LogP contribution in [0.15, 0.2) is 42.5 Å². The lowest BCUT2D eigenvalue weighted by molar-refractivity contribution is -0.105. The number of rotatable bonds is 6. The van der Waals surface area contributed by atoms with Crippen LogP contribution in [0.5, 0.6) is 0 Å². The van der Waals surface area contributed by atoms with Crippen molar-refractivity contribution >= 4 is 35.3 Å². The molecular weight excluding hydrogens is 293 g/mol. The number of amides is 1. The van der Waals surface area contributed by atoms with E-state index < -0.39 is 0 Å². The average molecular weight is 308 g/mol. The van der Waals surface area contributed by atoms with Crippen molar-refractivity contribution in [1.82, 2.24) is 0 Å². The zero-order valence-electron chi connectivity index (χ0n) is 10.9. The molecule has 0 aliphatic rings. The molecule has 1 amide bonds. The van der Waals surface area contributed by atoms with Gasteiger partial charge in [0, 0.05) is 5.69 Å². The highest BCUT2D eigenvalue weighted by Crippen LogP contribution is 2.24. The molecule has 0 heterocycles. The van der Waals surface area contributed by atoms with Crippen LogP contribution >= 0.6 is 23.2 Å². The van der Waals surface area contributed by atoms with E-state index in [2.05, 4.69) is 5.32 Å². The third-order valence-electron chi connectivity index (χ3n) is 3.13. The van der Waals surface area contributed by atoms with Gasteiger partial charge in [-0.25, -0.2) is 0 Å². The summed E-state index contributed by atoms with van der Waals surface area (Å²) in [6, 6.07) is 13.5. The maximum absolute atomic E-state index is 10.6. The highest BCUT2D eigenvalue weighted by atomic mass is 35.5. The molecule has 104 valence electrons. The highest BCUT2D eigenvalue weighted by Gasteiger charge is 2.03. The van der Waals surface area contributed by atoms with Gasteiger partial charge >= 0.3 is 0 Å². The Kier molecular flexibility index (Phi) is 5.45. The fourth-order valence-electron chi connectivity index (χ4n) is 2.12. The molecule has 1 N–H and O–H groups in total. The quantitative estimate of drug-likeness (QED) is 0.768. The van der Waals surface area contributed by atoms with E-state index in [-0.39, 0.29) is 0 Å². The molecule has 2 nitrogen and oxygen atoms in total. The fraction of sp³-hybridized carbons (Fsp3) is 0.188. The minimum Gasteiger partial charge on any atom is -0.328 e. The third-order valence-corrected chi connectivity index (χ3v) is 3.87. The van der Waals surface area contributed by atoms with Gasteiger partial charge in [0.25, 0.3) is 0 Å². The van der Waals surface area contributed by atoms with Crippen molar-refractivity contribution in [3.05, 3.63) is 63.6 Å². The molecule has 0 aliphatic heterocycles. The summed E-state index contributed by atoms with van der Waals surface area (Å²) in [4.78, 5) is 10.6. The van der Waals surface area contributed by atoms with Crippen LogP contribution in [0.3, 0.4) is 0 Å². The van der Waals surface area contributed by atoms with Crippen LogP contribution in [0.1, 0.15) is 17.5 Å². The van der Waals surface area contributed by atoms with E-state index in [0.717, 1.165) is 30.5 Å². The lowest BCUT2D eigenvalue weighted by atomic mass is 10.0. The van der Waals surface area contributed by atoms with E-state index >= 15 is 0 Å². The highest BCUT2D eigenvalue weighted by molar-refractivity contribution is 6.42. The number of carbonyl (C=O) groups excluding carboxylic acids is 1. The first kappa shape index (κ1) is 14.9. The Morgan fingerprint density at radius 1 is 1.00 bits per heavy atom. The second-order valence-corrected chi connectivity index (χ2v) is 5.34. The van der Waals surface area contributed by atoms with Gasteiger partial charge in [-0.3, -0.25) is 4.79 Å². The van der Waals surface area contributed by atoms with E-state index in [1.807, 2.05) is 42.5 Å². The number of para-hydroxylation sites is 1. The summed E-state index contributed by atoms with van der Waals surface area (Å²) in [7, 11) is 0. The number of hydrogen-bond acceptors (Lipinski definition) is 1. The first-order chi connectivity index (χ1) is 9.70. The largest absolute Gasteiger partial charge is 0.328 e. The molecule has 0 fully saturated rings. The van der Waals surface area contributed by atoms with Crippen LogP contribution in [-0.2, 0) is 17.6 Å². The second kappa shape index (κ2) is 7.32. The van der Waals surface area contributed by atoms with Gasteiger partial charge < -0.3 is 5.32 Å². The average Bonchev–Trinajstić information content (AvgIpc) is 2.45. The van der Waals surface area contributed by atoms with Gasteiger partial charge in [-0.1, -0.05) is 47.5 Å². The Morgan fingerprint density at radius 2 is 1.80 bits per heavy atom. The topological polar surface area (TPSA) is 29.1 Å². The van der Waals surface area contributed by atoms with E-state index in [1.54, 1.807) is 0 Å². The van der Waals surface area contributed by atoms with Crippen LogP contribution in [0.2, 0.25) is 10.0 Å². The summed E-state index contributed by atoms with van der Waals surface area (Å²) in [5.41, 5.74) is 3.18. The van der Waals surface area contributed by atoms with Gasteiger partial charge in [-0.05, 0) is 48.6 Å². The number of halogens is 2. The zero-order valence-corrected chi connectivity index (χ0v) is 12.4. The molecule has 0 bridgehead atoms. The molecule has 0 saturated carbocycles. The smallest absolute Gasteiger partial charge is 0.211 e. The summed E-state index contributed by atoms with van der Waals surface area (Å²) in [5, 5.41) is 3.89. The van der Waals surface area contributed by atoms with Crippen molar-refractivity contribution < 1.29 is 4.79 Å². The van der Waals surface area contributed by atoms with Gasteiger partial charge in [0.15, 0.2) is 0 Å². The molecule has 20 heavy (non-hydrogen) atoms. The van der Waals surface area contributed by atoms with E-state index in [9.17, 15) is 4.79 Å². The summed E-state index contributed by atoms with van der Waals surface area (Å²) in [5.74, 6) is 0. The van der Waals surface area contributed by atoms with Gasteiger partial charge in [0.1, 0.15) is 0 Å². The Hall–Kier alpha value is -1.51. The maximum atomic E-state index is 10.6. The Balaban J connectivity index is 1.95. The lowest BCUT2D eigenvalue weighted by Crippen LogP contribution is -1.99. The number of aryl methyl sites for hydroxylation is 2. The molecule has 0 spiro atoms. The standard InChI is InChI=1S/C16H15Cl2NO/c17-14-9-8-12(10-15(14)18)4-3-6-13-5-1-2-7-16(13)19-11-20/h1-2,5,7-11H,3-4,6H2,(H,19,20). The van der Waals surface area contributed by atoms with Gasteiger partial charge in [0.2, 0.25) is 6.41 Å². The van der Waals surface area contributed by atoms with Crippen molar-refractivity contribution in [3.63, 3.8) is 0 Å². The monoisotopic (exact) mass is 307 g/mol. The SMILES string of the molecule is O=CNc1ccccc1CCCc1ccc(Cl)c(Cl)c1. The minimum absolute atomic E-state index is 0.580. The van der Waals surface area contributed by atoms with E-state index in [1.165, 1.54) is 5.56 Å². The van der Waals surface area contributed by atoms with Crippen molar-refractivity contribution in [2.24, 2.45) is 0 Å². The minimum atomic E-state index is 0.580. The predicted octanol–water partition coefficient (Wildman–Crippen LogP) is 4.74. The molecule has 0 aromatic heterocycles. The van der Waals surface area contributed by atoms with Gasteiger partial charge in [-0.15, -0.1) is 0 Å². The van der Waals surface area contributed by atoms with Gasteiger partial charge in [-0.2, -0.15) is 0 Å². The molecule has 0 radical (unpaired) electrons. The van der Waals surface area contributed by atoms with Crippen LogP contribution < -0.4 is 5.32 Å². The molecule has 0 saturated heterocycles. The van der Waals surface area contributed by atoms with E-state index in [4.69, 9.17) is 23.2 Å². The van der Waals surface area contributed by atoms with Crippen molar-refractivity contribution in [2.45, 2.75) is 19.3 Å². The summed E-state index contributed by atoms with van der Waals surface area (Å²) in [6.45, 7) is 0. The van der Waals surface area contributed by atoms with Crippen LogP contribution in [0, 0.1) is 0 Å². The number of anilines is 1. The van der Waals surface area contributed by atoms with Crippen molar-refractivity contribution in [2.75, 3.05) is 5.32 Å². The summed E-state index contributed by atoms with van der Waals surface area (Å²) < 4.78 is 0. The molecule has 2 aromatic carbocycles. The zero-order chi connectivity index (χ0) is 14.4. The third kappa shape index (κ3) is 3.99. The number of benzene rings is 2. The summed E-state index contributed by atoms with van der Waals surface area (Å²) in [6.07, 6.45) is 3.51. The van der Waals surface area contributed by atoms with E-state index in [0.29, 0.717) is 16.5 Å². The number of carbonyl (C=O) groups is 1. The normalized spacial score (nSPS) is 10.3. The first-order valence-corrected chi connectivity index (χ1v) is 7.18.